The minimum absolute atomic E-state index is 0.104. The van der Waals surface area contributed by atoms with Crippen LogP contribution in [0.5, 0.6) is 0 Å². The van der Waals surface area contributed by atoms with Gasteiger partial charge in [0.15, 0.2) is 12.2 Å². The molecule has 0 amide bonds. The molecule has 0 spiro atoms. The highest BCUT2D eigenvalue weighted by Gasteiger charge is 2.30. The lowest BCUT2D eigenvalue weighted by Crippen LogP contribution is -2.30. The largest absolute Gasteiger partial charge is 0.472 e. The molecule has 0 aliphatic carbocycles. The first-order valence-electron chi connectivity index (χ1n) is 31.6. The van der Waals surface area contributed by atoms with Crippen LogP contribution in [0.1, 0.15) is 298 Å². The first kappa shape index (κ1) is 77.1. The third-order valence-corrected chi connectivity index (χ3v) is 15.7. The van der Waals surface area contributed by atoms with Crippen LogP contribution in [-0.4, -0.2) is 96.7 Å². The molecule has 19 heteroatoms. The molecule has 17 nitrogen and oxygen atoms in total. The quantitative estimate of drug-likeness (QED) is 0.0222. The minimum Gasteiger partial charge on any atom is -0.462 e. The normalized spacial score (nSPS) is 14.3. The Hall–Kier alpha value is -1.94. The molecule has 0 aliphatic heterocycles. The number of aliphatic hydroxyl groups excluding tert-OH is 1. The van der Waals surface area contributed by atoms with Gasteiger partial charge in [-0.05, 0) is 31.6 Å². The van der Waals surface area contributed by atoms with Crippen molar-refractivity contribution in [3.8, 4) is 0 Å². The maximum atomic E-state index is 12.9. The molecule has 5 atom stereocenters. The molecule has 0 aromatic carbocycles. The highest BCUT2D eigenvalue weighted by Crippen LogP contribution is 2.45. The van der Waals surface area contributed by atoms with Gasteiger partial charge in [-0.1, -0.05) is 247 Å². The Labute approximate surface area is 479 Å². The van der Waals surface area contributed by atoms with Crippen molar-refractivity contribution in [2.24, 2.45) is 5.92 Å². The van der Waals surface area contributed by atoms with E-state index in [-0.39, 0.29) is 25.7 Å². The smallest absolute Gasteiger partial charge is 0.462 e. The summed E-state index contributed by atoms with van der Waals surface area (Å²) in [5.74, 6) is -1.40. The molecule has 0 radical (unpaired) electrons. The van der Waals surface area contributed by atoms with Crippen LogP contribution in [0.15, 0.2) is 0 Å². The van der Waals surface area contributed by atoms with Gasteiger partial charge in [-0.25, -0.2) is 9.13 Å². The SMILES string of the molecule is CCCCCCCCCCCCCCCC(=O)OC[C@H](COP(=O)(O)OC[C@@H](O)COP(=O)(O)OC[C@@H](COC(=O)CCCCCCC)OC(=O)CCCCCCCCCC)OC(=O)CCCCCCCCCCCCC(C)C. The third-order valence-electron chi connectivity index (χ3n) is 13.8. The fourth-order valence-corrected chi connectivity index (χ4v) is 10.5. The highest BCUT2D eigenvalue weighted by atomic mass is 31.2. The summed E-state index contributed by atoms with van der Waals surface area (Å²) in [5.41, 5.74) is 0. The molecule has 2 unspecified atom stereocenters. The Morgan fingerprint density at radius 2 is 0.582 bits per heavy atom. The van der Waals surface area contributed by atoms with Crippen LogP contribution < -0.4 is 0 Å². The van der Waals surface area contributed by atoms with E-state index >= 15 is 0 Å². The van der Waals surface area contributed by atoms with Gasteiger partial charge >= 0.3 is 39.5 Å². The van der Waals surface area contributed by atoms with Crippen LogP contribution in [0.3, 0.4) is 0 Å². The van der Waals surface area contributed by atoms with E-state index in [2.05, 4.69) is 34.6 Å². The molecular formula is C60H116O17P2. The second kappa shape index (κ2) is 54.0. The van der Waals surface area contributed by atoms with Crippen molar-refractivity contribution in [1.29, 1.82) is 0 Å². The Bertz CT molecular complexity index is 1550. The zero-order chi connectivity index (χ0) is 58.5. The summed E-state index contributed by atoms with van der Waals surface area (Å²) in [6.07, 6.45) is 36.6. The van der Waals surface area contributed by atoms with Crippen molar-refractivity contribution < 1.29 is 80.2 Å². The van der Waals surface area contributed by atoms with Gasteiger partial charge in [0.05, 0.1) is 26.4 Å². The summed E-state index contributed by atoms with van der Waals surface area (Å²) in [6, 6.07) is 0. The van der Waals surface area contributed by atoms with E-state index in [1.807, 2.05) is 0 Å². The van der Waals surface area contributed by atoms with Crippen LogP contribution in [-0.2, 0) is 65.4 Å². The van der Waals surface area contributed by atoms with Crippen molar-refractivity contribution in [2.45, 2.75) is 316 Å². The molecular weight excluding hydrogens is 1050 g/mol. The van der Waals surface area contributed by atoms with E-state index < -0.39 is 97.5 Å². The number of esters is 4. The van der Waals surface area contributed by atoms with Crippen molar-refractivity contribution in [3.63, 3.8) is 0 Å². The predicted octanol–water partition coefficient (Wildman–Crippen LogP) is 16.2. The molecule has 0 aromatic heterocycles. The van der Waals surface area contributed by atoms with Gasteiger partial charge in [-0.3, -0.25) is 37.3 Å². The average Bonchev–Trinajstić information content (AvgIpc) is 3.41. The maximum absolute atomic E-state index is 12.9. The Morgan fingerprint density at radius 3 is 0.861 bits per heavy atom. The van der Waals surface area contributed by atoms with Crippen molar-refractivity contribution in [1.82, 2.24) is 0 Å². The molecule has 0 saturated carbocycles. The van der Waals surface area contributed by atoms with Crippen molar-refractivity contribution in [2.75, 3.05) is 39.6 Å². The number of carbonyl (C=O) groups is 4. The number of hydrogen-bond donors (Lipinski definition) is 3. The molecule has 0 fully saturated rings. The highest BCUT2D eigenvalue weighted by molar-refractivity contribution is 7.47. The van der Waals surface area contributed by atoms with E-state index in [4.69, 9.17) is 37.0 Å². The molecule has 3 N–H and O–H groups in total. The van der Waals surface area contributed by atoms with Gasteiger partial charge in [0.1, 0.15) is 19.3 Å². The van der Waals surface area contributed by atoms with Crippen LogP contribution in [0, 0.1) is 5.92 Å². The molecule has 0 rings (SSSR count). The second-order valence-electron chi connectivity index (χ2n) is 22.2. The zero-order valence-corrected chi connectivity index (χ0v) is 52.3. The number of phosphoric ester groups is 2. The molecule has 468 valence electrons. The van der Waals surface area contributed by atoms with E-state index in [0.717, 1.165) is 109 Å². The van der Waals surface area contributed by atoms with Gasteiger partial charge in [0.2, 0.25) is 0 Å². The number of unbranched alkanes of at least 4 members (excludes halogenated alkanes) is 32. The lowest BCUT2D eigenvalue weighted by molar-refractivity contribution is -0.161. The van der Waals surface area contributed by atoms with E-state index in [1.54, 1.807) is 0 Å². The van der Waals surface area contributed by atoms with E-state index in [1.165, 1.54) is 109 Å². The third kappa shape index (κ3) is 55.0. The fourth-order valence-electron chi connectivity index (χ4n) is 8.88. The lowest BCUT2D eigenvalue weighted by Gasteiger charge is -2.21. The van der Waals surface area contributed by atoms with Gasteiger partial charge in [-0.2, -0.15) is 0 Å². The average molecular weight is 1170 g/mol. The number of carbonyl (C=O) groups excluding carboxylic acids is 4. The molecule has 0 aromatic rings. The first-order valence-corrected chi connectivity index (χ1v) is 34.6. The maximum Gasteiger partial charge on any atom is 0.472 e. The number of rotatable bonds is 60. The zero-order valence-electron chi connectivity index (χ0n) is 50.5. The van der Waals surface area contributed by atoms with Crippen LogP contribution in [0.2, 0.25) is 0 Å². The molecule has 0 aliphatic rings. The van der Waals surface area contributed by atoms with Gasteiger partial charge in [0.25, 0.3) is 0 Å². The number of aliphatic hydroxyl groups is 1. The van der Waals surface area contributed by atoms with Gasteiger partial charge < -0.3 is 33.8 Å². The van der Waals surface area contributed by atoms with Gasteiger partial charge in [-0.15, -0.1) is 0 Å². The molecule has 0 saturated heterocycles. The number of hydrogen-bond acceptors (Lipinski definition) is 15. The topological polar surface area (TPSA) is 237 Å². The monoisotopic (exact) mass is 1170 g/mol. The standard InChI is InChI=1S/C60H116O17P2/c1-6-9-12-15-17-19-20-21-22-26-30-34-39-44-58(63)71-50-56(77-60(65)46-41-36-31-27-24-23-25-28-33-37-42-53(4)5)52-75-79(68,69)73-48-54(61)47-72-78(66,67)74-51-55(49-70-57(62)43-38-32-14-11-8-3)76-59(64)45-40-35-29-18-16-13-10-7-2/h53-56,61H,6-52H2,1-5H3,(H,66,67)(H,68,69)/t54-,55+,56+/m0/s1. The molecule has 0 heterocycles. The summed E-state index contributed by atoms with van der Waals surface area (Å²) < 4.78 is 67.6. The number of ether oxygens (including phenoxy) is 4. The summed E-state index contributed by atoms with van der Waals surface area (Å²) in [5, 5.41) is 10.5. The Kier molecular flexibility index (Phi) is 52.7. The Balaban J connectivity index is 5.17. The predicted molar refractivity (Wildman–Crippen MR) is 312 cm³/mol. The van der Waals surface area contributed by atoms with Crippen molar-refractivity contribution >= 4 is 39.5 Å². The van der Waals surface area contributed by atoms with E-state index in [9.17, 15) is 43.2 Å². The fraction of sp³-hybridized carbons (Fsp3) is 0.933. The molecule has 0 bridgehead atoms. The summed E-state index contributed by atoms with van der Waals surface area (Å²) in [4.78, 5) is 71.7. The number of phosphoric acid groups is 2. The van der Waals surface area contributed by atoms with Crippen LogP contribution >= 0.6 is 15.6 Å². The molecule has 79 heavy (non-hydrogen) atoms. The summed E-state index contributed by atoms with van der Waals surface area (Å²) >= 11 is 0. The second-order valence-corrected chi connectivity index (χ2v) is 25.1. The first-order chi connectivity index (χ1) is 38.0. The van der Waals surface area contributed by atoms with Crippen molar-refractivity contribution in [3.05, 3.63) is 0 Å². The Morgan fingerprint density at radius 1 is 0.342 bits per heavy atom. The summed E-state index contributed by atoms with van der Waals surface area (Å²) in [7, 11) is -9.87. The van der Waals surface area contributed by atoms with Crippen LogP contribution in [0.25, 0.3) is 0 Å². The van der Waals surface area contributed by atoms with Crippen LogP contribution in [0.4, 0.5) is 0 Å². The minimum atomic E-state index is -4.94. The van der Waals surface area contributed by atoms with Gasteiger partial charge in [0, 0.05) is 25.7 Å². The van der Waals surface area contributed by atoms with E-state index in [0.29, 0.717) is 25.7 Å². The summed E-state index contributed by atoms with van der Waals surface area (Å²) in [6.45, 7) is 7.04. The lowest BCUT2D eigenvalue weighted by atomic mass is 10.0.